The van der Waals surface area contributed by atoms with Crippen LogP contribution in [0.15, 0.2) is 0 Å². The number of rotatable bonds is 7. The standard InChI is InChI=1S/C7H16O3.C4H10O/c1-3-7(10-4-2)6(9)5-8;1-3-5-4-2/h6-9H,3-5H2,1-2H3;3-4H2,1-2H3. The van der Waals surface area contributed by atoms with Gasteiger partial charge in [-0.1, -0.05) is 6.92 Å². The lowest BCUT2D eigenvalue weighted by molar-refractivity contribution is -0.0550. The largest absolute Gasteiger partial charge is 0.394 e. The molecule has 0 amide bonds. The minimum atomic E-state index is -0.732. The minimum absolute atomic E-state index is 0.213. The average Bonchev–Trinajstić information content (AvgIpc) is 2.27. The molecule has 0 saturated carbocycles. The van der Waals surface area contributed by atoms with Gasteiger partial charge in [-0.3, -0.25) is 0 Å². The van der Waals surface area contributed by atoms with Gasteiger partial charge in [-0.15, -0.1) is 0 Å². The highest BCUT2D eigenvalue weighted by Crippen LogP contribution is 2.02. The Morgan fingerprint density at radius 3 is 1.73 bits per heavy atom. The molecule has 0 aromatic heterocycles. The molecule has 0 radical (unpaired) electrons. The summed E-state index contributed by atoms with van der Waals surface area (Å²) in [4.78, 5) is 0. The lowest BCUT2D eigenvalue weighted by atomic mass is 10.2. The van der Waals surface area contributed by atoms with E-state index in [-0.39, 0.29) is 12.7 Å². The molecule has 2 atom stereocenters. The number of aliphatic hydroxyl groups is 2. The van der Waals surface area contributed by atoms with Crippen LogP contribution in [0.4, 0.5) is 0 Å². The molecule has 0 heterocycles. The van der Waals surface area contributed by atoms with E-state index in [4.69, 9.17) is 19.7 Å². The van der Waals surface area contributed by atoms with Crippen LogP contribution in [0.2, 0.25) is 0 Å². The lowest BCUT2D eigenvalue weighted by Crippen LogP contribution is -2.31. The van der Waals surface area contributed by atoms with E-state index in [0.717, 1.165) is 19.6 Å². The van der Waals surface area contributed by atoms with E-state index < -0.39 is 6.10 Å². The predicted octanol–water partition coefficient (Wildman–Crippen LogP) is 1.20. The summed E-state index contributed by atoms with van der Waals surface area (Å²) in [6.07, 6.45) is -0.213. The molecular weight excluding hydrogens is 196 g/mol. The molecule has 94 valence electrons. The van der Waals surface area contributed by atoms with E-state index in [1.807, 2.05) is 27.7 Å². The van der Waals surface area contributed by atoms with Gasteiger partial charge in [-0.25, -0.2) is 0 Å². The van der Waals surface area contributed by atoms with Gasteiger partial charge in [-0.05, 0) is 27.2 Å². The molecule has 0 aliphatic rings. The molecule has 0 aliphatic carbocycles. The number of aliphatic hydroxyl groups excluding tert-OH is 2. The first kappa shape index (κ1) is 17.2. The van der Waals surface area contributed by atoms with Crippen LogP contribution in [0.1, 0.15) is 34.1 Å². The van der Waals surface area contributed by atoms with Gasteiger partial charge in [-0.2, -0.15) is 0 Å². The Morgan fingerprint density at radius 2 is 1.53 bits per heavy atom. The Hall–Kier alpha value is -0.160. The first-order valence-electron chi connectivity index (χ1n) is 5.65. The molecule has 0 saturated heterocycles. The summed E-state index contributed by atoms with van der Waals surface area (Å²) in [5.41, 5.74) is 0. The zero-order valence-electron chi connectivity index (χ0n) is 10.4. The van der Waals surface area contributed by atoms with Crippen LogP contribution >= 0.6 is 0 Å². The number of ether oxygens (including phenoxy) is 2. The van der Waals surface area contributed by atoms with Crippen molar-refractivity contribution in [2.24, 2.45) is 0 Å². The molecule has 2 N–H and O–H groups in total. The summed E-state index contributed by atoms with van der Waals surface area (Å²) < 4.78 is 9.97. The van der Waals surface area contributed by atoms with Gasteiger partial charge in [0.15, 0.2) is 0 Å². The van der Waals surface area contributed by atoms with Gasteiger partial charge in [0.25, 0.3) is 0 Å². The Labute approximate surface area is 93.2 Å². The lowest BCUT2D eigenvalue weighted by Gasteiger charge is -2.18. The summed E-state index contributed by atoms with van der Waals surface area (Å²) >= 11 is 0. The fourth-order valence-electron chi connectivity index (χ4n) is 1.04. The fraction of sp³-hybridized carbons (Fsp3) is 1.00. The van der Waals surface area contributed by atoms with Crippen LogP contribution < -0.4 is 0 Å². The van der Waals surface area contributed by atoms with E-state index >= 15 is 0 Å². The van der Waals surface area contributed by atoms with Crippen LogP contribution in [0.5, 0.6) is 0 Å². The highest BCUT2D eigenvalue weighted by atomic mass is 16.5. The van der Waals surface area contributed by atoms with Gasteiger partial charge in [0.1, 0.15) is 6.10 Å². The molecule has 0 aromatic carbocycles. The molecule has 4 heteroatoms. The van der Waals surface area contributed by atoms with Crippen LogP contribution in [-0.4, -0.2) is 48.8 Å². The zero-order valence-corrected chi connectivity index (χ0v) is 10.4. The van der Waals surface area contributed by atoms with Crippen LogP contribution in [0.3, 0.4) is 0 Å². The third-order valence-corrected chi connectivity index (χ3v) is 1.81. The molecule has 0 aliphatic heterocycles. The summed E-state index contributed by atoms with van der Waals surface area (Å²) in [6, 6.07) is 0. The SMILES string of the molecule is CCOC(CC)C(O)CO.CCOCC. The summed E-state index contributed by atoms with van der Waals surface area (Å²) in [5, 5.41) is 17.6. The quantitative estimate of drug-likeness (QED) is 0.679. The van der Waals surface area contributed by atoms with Crippen molar-refractivity contribution in [2.45, 2.75) is 46.3 Å². The molecule has 0 spiro atoms. The third-order valence-electron chi connectivity index (χ3n) is 1.81. The van der Waals surface area contributed by atoms with Crippen molar-refractivity contribution in [2.75, 3.05) is 26.4 Å². The zero-order chi connectivity index (χ0) is 12.1. The van der Waals surface area contributed by atoms with Crippen molar-refractivity contribution in [3.8, 4) is 0 Å². The second-order valence-corrected chi connectivity index (χ2v) is 2.93. The molecule has 0 rings (SSSR count). The number of hydrogen-bond acceptors (Lipinski definition) is 4. The first-order valence-corrected chi connectivity index (χ1v) is 5.65. The summed E-state index contributed by atoms with van der Waals surface area (Å²) in [7, 11) is 0. The van der Waals surface area contributed by atoms with Gasteiger partial charge in [0.2, 0.25) is 0 Å². The average molecular weight is 222 g/mol. The molecule has 2 unspecified atom stereocenters. The molecule has 0 fully saturated rings. The van der Waals surface area contributed by atoms with Gasteiger partial charge >= 0.3 is 0 Å². The van der Waals surface area contributed by atoms with Crippen LogP contribution in [-0.2, 0) is 9.47 Å². The van der Waals surface area contributed by atoms with Gasteiger partial charge in [0, 0.05) is 19.8 Å². The van der Waals surface area contributed by atoms with Crippen molar-refractivity contribution in [1.82, 2.24) is 0 Å². The van der Waals surface area contributed by atoms with Crippen molar-refractivity contribution in [1.29, 1.82) is 0 Å². The van der Waals surface area contributed by atoms with Crippen molar-refractivity contribution >= 4 is 0 Å². The summed E-state index contributed by atoms with van der Waals surface area (Å²) in [5.74, 6) is 0. The fourth-order valence-corrected chi connectivity index (χ4v) is 1.04. The minimum Gasteiger partial charge on any atom is -0.394 e. The number of hydrogen-bond donors (Lipinski definition) is 2. The molecule has 0 aromatic rings. The van der Waals surface area contributed by atoms with E-state index in [9.17, 15) is 0 Å². The van der Waals surface area contributed by atoms with Gasteiger partial charge < -0.3 is 19.7 Å². The van der Waals surface area contributed by atoms with Gasteiger partial charge in [0.05, 0.1) is 12.7 Å². The normalized spacial score (nSPS) is 14.0. The predicted molar refractivity (Wildman–Crippen MR) is 61.0 cm³/mol. The van der Waals surface area contributed by atoms with E-state index in [1.165, 1.54) is 0 Å². The van der Waals surface area contributed by atoms with E-state index in [1.54, 1.807) is 0 Å². The van der Waals surface area contributed by atoms with Crippen LogP contribution in [0, 0.1) is 0 Å². The first-order chi connectivity index (χ1) is 7.17. The molecular formula is C11H26O4. The smallest absolute Gasteiger partial charge is 0.103 e. The van der Waals surface area contributed by atoms with E-state index in [2.05, 4.69) is 0 Å². The maximum absolute atomic E-state index is 9.07. The van der Waals surface area contributed by atoms with Crippen molar-refractivity contribution in [3.05, 3.63) is 0 Å². The maximum Gasteiger partial charge on any atom is 0.103 e. The van der Waals surface area contributed by atoms with E-state index in [0.29, 0.717) is 6.61 Å². The Bertz CT molecular complexity index is 107. The second kappa shape index (κ2) is 13.8. The molecule has 4 nitrogen and oxygen atoms in total. The Morgan fingerprint density at radius 1 is 1.00 bits per heavy atom. The van der Waals surface area contributed by atoms with Crippen molar-refractivity contribution < 1.29 is 19.7 Å². The summed E-state index contributed by atoms with van der Waals surface area (Å²) in [6.45, 7) is 9.81. The van der Waals surface area contributed by atoms with Crippen LogP contribution in [0.25, 0.3) is 0 Å². The maximum atomic E-state index is 9.07. The Kier molecular flexibility index (Phi) is 15.9. The Balaban J connectivity index is 0. The third kappa shape index (κ3) is 11.8. The topological polar surface area (TPSA) is 58.9 Å². The highest BCUT2D eigenvalue weighted by molar-refractivity contribution is 4.65. The van der Waals surface area contributed by atoms with Crippen molar-refractivity contribution in [3.63, 3.8) is 0 Å². The highest BCUT2D eigenvalue weighted by Gasteiger charge is 2.15. The molecule has 15 heavy (non-hydrogen) atoms. The second-order valence-electron chi connectivity index (χ2n) is 2.93. The monoisotopic (exact) mass is 222 g/mol. The molecule has 0 bridgehead atoms.